The molecule has 0 spiro atoms. The molecule has 0 radical (unpaired) electrons. The van der Waals surface area contributed by atoms with Gasteiger partial charge in [-0.25, -0.2) is 0 Å². The van der Waals surface area contributed by atoms with Crippen LogP contribution in [-0.4, -0.2) is 0 Å². The summed E-state index contributed by atoms with van der Waals surface area (Å²) < 4.78 is 5.77. The summed E-state index contributed by atoms with van der Waals surface area (Å²) in [5.41, 5.74) is 13.5. The molecule has 0 saturated carbocycles. The zero-order chi connectivity index (χ0) is 13.2. The number of ether oxygens (including phenoxy) is 1. The van der Waals surface area contributed by atoms with Gasteiger partial charge in [0.1, 0.15) is 5.76 Å². The van der Waals surface area contributed by atoms with Gasteiger partial charge < -0.3 is 10.5 Å². The van der Waals surface area contributed by atoms with Crippen LogP contribution in [0, 0.1) is 0 Å². The van der Waals surface area contributed by atoms with Gasteiger partial charge in [0.2, 0.25) is 0 Å². The first kappa shape index (κ1) is 12.3. The van der Waals surface area contributed by atoms with Gasteiger partial charge in [0.05, 0.1) is 5.69 Å². The molecule has 0 amide bonds. The average molecular weight is 239 g/mol. The predicted octanol–water partition coefficient (Wildman–Crippen LogP) is 3.71. The highest BCUT2D eigenvalue weighted by Crippen LogP contribution is 2.31. The summed E-state index contributed by atoms with van der Waals surface area (Å²) in [6.07, 6.45) is 5.34. The molecule has 92 valence electrons. The van der Waals surface area contributed by atoms with Crippen molar-refractivity contribution in [2.24, 2.45) is 0 Å². The van der Waals surface area contributed by atoms with Crippen molar-refractivity contribution in [3.63, 3.8) is 0 Å². The Bertz CT molecular complexity index is 590. The van der Waals surface area contributed by atoms with Crippen LogP contribution in [0.1, 0.15) is 26.3 Å². The zero-order valence-electron chi connectivity index (χ0n) is 10.9. The maximum absolute atomic E-state index is 5.94. The summed E-state index contributed by atoms with van der Waals surface area (Å²) >= 11 is 0. The summed E-state index contributed by atoms with van der Waals surface area (Å²) in [6, 6.07) is 5.91. The van der Waals surface area contributed by atoms with Gasteiger partial charge >= 0.3 is 0 Å². The van der Waals surface area contributed by atoms with Crippen LogP contribution >= 0.6 is 0 Å². The molecule has 0 unspecified atom stereocenters. The molecular weight excluding hydrogens is 222 g/mol. The second-order valence-electron chi connectivity index (χ2n) is 5.27. The molecule has 0 fully saturated rings. The molecule has 0 atom stereocenters. The number of rotatable bonds is 2. The number of benzene rings is 1. The van der Waals surface area contributed by atoms with Crippen LogP contribution in [-0.2, 0) is 5.41 Å². The van der Waals surface area contributed by atoms with Crippen LogP contribution in [0.25, 0.3) is 0 Å². The fourth-order valence-electron chi connectivity index (χ4n) is 1.61. The molecule has 0 heterocycles. The minimum atomic E-state index is 0.0718. The Labute approximate surface area is 108 Å². The van der Waals surface area contributed by atoms with E-state index in [1.54, 1.807) is 12.2 Å². The molecule has 0 saturated heterocycles. The first-order chi connectivity index (χ1) is 8.47. The van der Waals surface area contributed by atoms with Crippen LogP contribution in [0.5, 0.6) is 5.75 Å². The van der Waals surface area contributed by atoms with E-state index in [2.05, 4.69) is 32.2 Å². The Hall–Kier alpha value is -2.14. The lowest BCUT2D eigenvalue weighted by molar-refractivity contribution is 0.444. The third kappa shape index (κ3) is 2.75. The third-order valence-corrected chi connectivity index (χ3v) is 2.74. The van der Waals surface area contributed by atoms with Crippen LogP contribution in [0.2, 0.25) is 0 Å². The van der Waals surface area contributed by atoms with Crippen molar-refractivity contribution < 1.29 is 4.74 Å². The first-order valence-electron chi connectivity index (χ1n) is 5.92. The molecule has 0 aliphatic heterocycles. The molecule has 2 rings (SSSR count). The van der Waals surface area contributed by atoms with Gasteiger partial charge in [-0.2, -0.15) is 0 Å². The smallest absolute Gasteiger partial charge is 0.150 e. The van der Waals surface area contributed by atoms with Crippen molar-refractivity contribution in [3.05, 3.63) is 59.2 Å². The largest absolute Gasteiger partial charge is 0.454 e. The van der Waals surface area contributed by atoms with E-state index in [0.29, 0.717) is 17.2 Å². The zero-order valence-corrected chi connectivity index (χ0v) is 10.9. The molecular formula is C16H17NO. The second kappa shape index (κ2) is 4.62. The maximum Gasteiger partial charge on any atom is 0.150 e. The Morgan fingerprint density at radius 3 is 2.56 bits per heavy atom. The van der Waals surface area contributed by atoms with Gasteiger partial charge in [0.15, 0.2) is 5.75 Å². The lowest BCUT2D eigenvalue weighted by Crippen LogP contribution is -2.11. The molecule has 2 N–H and O–H groups in total. The molecule has 2 nitrogen and oxygen atoms in total. The van der Waals surface area contributed by atoms with Crippen LogP contribution in [0.4, 0.5) is 5.69 Å². The maximum atomic E-state index is 5.94. The minimum Gasteiger partial charge on any atom is -0.454 e. The van der Waals surface area contributed by atoms with Gasteiger partial charge in [0.25, 0.3) is 0 Å². The third-order valence-electron chi connectivity index (χ3n) is 2.74. The molecule has 1 aromatic rings. The number of hydrogen-bond acceptors (Lipinski definition) is 2. The molecule has 1 aliphatic carbocycles. The second-order valence-corrected chi connectivity index (χ2v) is 5.27. The van der Waals surface area contributed by atoms with Crippen LogP contribution in [0.3, 0.4) is 0 Å². The Kier molecular flexibility index (Phi) is 3.16. The van der Waals surface area contributed by atoms with E-state index in [1.165, 1.54) is 5.56 Å². The van der Waals surface area contributed by atoms with Crippen LogP contribution < -0.4 is 10.5 Å². The van der Waals surface area contributed by atoms with E-state index >= 15 is 0 Å². The van der Waals surface area contributed by atoms with Gasteiger partial charge in [-0.3, -0.25) is 0 Å². The summed E-state index contributed by atoms with van der Waals surface area (Å²) in [6.45, 7) is 6.48. The summed E-state index contributed by atoms with van der Waals surface area (Å²) in [4.78, 5) is 0. The molecule has 0 bridgehead atoms. The van der Waals surface area contributed by atoms with E-state index < -0.39 is 0 Å². The fourth-order valence-corrected chi connectivity index (χ4v) is 1.61. The monoisotopic (exact) mass is 239 g/mol. The van der Waals surface area contributed by atoms with E-state index in [4.69, 9.17) is 10.5 Å². The number of anilines is 1. The normalized spacial score (nSPS) is 13.6. The summed E-state index contributed by atoms with van der Waals surface area (Å²) in [5, 5.41) is 0. The van der Waals surface area contributed by atoms with Crippen molar-refractivity contribution in [2.75, 3.05) is 5.73 Å². The topological polar surface area (TPSA) is 35.2 Å². The van der Waals surface area contributed by atoms with Gasteiger partial charge in [-0.15, -0.1) is 0 Å². The van der Waals surface area contributed by atoms with E-state index in [9.17, 15) is 0 Å². The molecule has 1 aromatic carbocycles. The van der Waals surface area contributed by atoms with Gasteiger partial charge in [0, 0.05) is 6.08 Å². The number of allylic oxidation sites excluding steroid dienone is 3. The van der Waals surface area contributed by atoms with E-state index in [0.717, 1.165) is 0 Å². The van der Waals surface area contributed by atoms with Crippen LogP contribution in [0.15, 0.2) is 53.6 Å². The quantitative estimate of drug-likeness (QED) is 0.630. The Morgan fingerprint density at radius 1 is 1.17 bits per heavy atom. The van der Waals surface area contributed by atoms with Gasteiger partial charge in [-0.1, -0.05) is 38.3 Å². The fraction of sp³-hybridized carbons (Fsp3) is 0.250. The predicted molar refractivity (Wildman–Crippen MR) is 74.4 cm³/mol. The minimum absolute atomic E-state index is 0.0718. The van der Waals surface area contributed by atoms with Gasteiger partial charge in [-0.05, 0) is 35.3 Å². The van der Waals surface area contributed by atoms with E-state index in [-0.39, 0.29) is 5.41 Å². The van der Waals surface area contributed by atoms with Crippen molar-refractivity contribution in [3.8, 4) is 5.75 Å². The highest BCUT2D eigenvalue weighted by atomic mass is 16.5. The Morgan fingerprint density at radius 2 is 1.94 bits per heavy atom. The Balaban J connectivity index is 2.30. The average Bonchev–Trinajstić information content (AvgIpc) is 2.32. The SMILES string of the molecule is CC(C)(C)c1ccc(N)c(OC2=CC=C=C=C2)c1. The summed E-state index contributed by atoms with van der Waals surface area (Å²) in [7, 11) is 0. The lowest BCUT2D eigenvalue weighted by atomic mass is 9.87. The molecule has 18 heavy (non-hydrogen) atoms. The molecule has 0 aromatic heterocycles. The van der Waals surface area contributed by atoms with E-state index in [1.807, 2.05) is 24.3 Å². The highest BCUT2D eigenvalue weighted by Gasteiger charge is 2.15. The van der Waals surface area contributed by atoms with Crippen molar-refractivity contribution in [1.29, 1.82) is 0 Å². The first-order valence-corrected chi connectivity index (χ1v) is 5.92. The van der Waals surface area contributed by atoms with Crippen molar-refractivity contribution in [1.82, 2.24) is 0 Å². The number of nitrogens with two attached hydrogens (primary N) is 1. The standard InChI is InChI=1S/C16H17NO/c1-16(2,3)12-9-10-14(17)15(11-12)18-13-7-5-4-6-8-13/h5,7-11H,17H2,1-3H3. The molecule has 2 heteroatoms. The summed E-state index contributed by atoms with van der Waals surface area (Å²) in [5.74, 6) is 1.40. The molecule has 1 aliphatic rings. The highest BCUT2D eigenvalue weighted by molar-refractivity contribution is 5.56. The number of hydrogen-bond donors (Lipinski definition) is 1. The number of nitrogen functional groups attached to an aromatic ring is 1. The lowest BCUT2D eigenvalue weighted by Gasteiger charge is -2.20. The van der Waals surface area contributed by atoms with Crippen molar-refractivity contribution >= 4 is 5.69 Å². The van der Waals surface area contributed by atoms with Crippen molar-refractivity contribution in [2.45, 2.75) is 26.2 Å².